The first-order valence-electron chi connectivity index (χ1n) is 12.7. The van der Waals surface area contributed by atoms with E-state index in [0.29, 0.717) is 57.9 Å². The van der Waals surface area contributed by atoms with Crippen molar-refractivity contribution < 1.29 is 27.1 Å². The van der Waals surface area contributed by atoms with Crippen LogP contribution in [0.15, 0.2) is 79.1 Å². The topological polar surface area (TPSA) is 115 Å². The quantitative estimate of drug-likeness (QED) is 0.134. The minimum Gasteiger partial charge on any atom is -0.455 e. The molecule has 0 saturated carbocycles. The number of nitrogens with one attached hydrogen (secondary N) is 2. The summed E-state index contributed by atoms with van der Waals surface area (Å²) in [5, 5.41) is 6.24. The normalized spacial score (nSPS) is 11.5. The summed E-state index contributed by atoms with van der Waals surface area (Å²) in [4.78, 5) is 26.0. The van der Waals surface area contributed by atoms with Gasteiger partial charge in [0.2, 0.25) is 0 Å². The van der Waals surface area contributed by atoms with E-state index in [1.807, 2.05) is 26.0 Å². The van der Waals surface area contributed by atoms with E-state index in [0.717, 1.165) is 5.69 Å². The molecule has 4 N–H and O–H groups in total. The summed E-state index contributed by atoms with van der Waals surface area (Å²) in [5.74, 6) is -0.801. The van der Waals surface area contributed by atoms with Gasteiger partial charge in [0.1, 0.15) is 23.7 Å². The molecule has 0 spiro atoms. The van der Waals surface area contributed by atoms with Gasteiger partial charge >= 0.3 is 6.18 Å². The van der Waals surface area contributed by atoms with Gasteiger partial charge in [-0.25, -0.2) is 19.3 Å². The number of aromatic nitrogens is 3. The maximum Gasteiger partial charge on any atom is 0.416 e. The average molecular weight is 577 g/mol. The van der Waals surface area contributed by atoms with Crippen LogP contribution in [0, 0.1) is 5.82 Å². The number of pyridine rings is 1. The Kier molecular flexibility index (Phi) is 7.62. The molecule has 0 fully saturated rings. The first-order valence-corrected chi connectivity index (χ1v) is 12.7. The summed E-state index contributed by atoms with van der Waals surface area (Å²) < 4.78 is 59.9. The molecule has 0 aliphatic rings. The Labute approximate surface area is 237 Å². The third kappa shape index (κ3) is 6.22. The van der Waals surface area contributed by atoms with Crippen LogP contribution < -0.4 is 21.1 Å². The third-order valence-corrected chi connectivity index (χ3v) is 6.25. The monoisotopic (exact) mass is 576 g/mol. The van der Waals surface area contributed by atoms with Crippen LogP contribution in [0.5, 0.6) is 11.5 Å². The Morgan fingerprint density at radius 1 is 0.952 bits per heavy atom. The number of carbonyl (C=O) groups excluding carboxylic acids is 1. The van der Waals surface area contributed by atoms with Crippen molar-refractivity contribution in [2.24, 2.45) is 0 Å². The van der Waals surface area contributed by atoms with Crippen molar-refractivity contribution >= 4 is 39.8 Å². The first-order chi connectivity index (χ1) is 20.0. The number of ether oxygens (including phenoxy) is 1. The molecule has 1 amide bonds. The molecule has 0 radical (unpaired) electrons. The Bertz CT molecular complexity index is 1780. The molecule has 0 aliphatic carbocycles. The minimum absolute atomic E-state index is 0.155. The van der Waals surface area contributed by atoms with Gasteiger partial charge in [0.15, 0.2) is 11.4 Å². The number of halogens is 4. The number of nitrogens with two attached hydrogens (primary N) is 1. The highest BCUT2D eigenvalue weighted by molar-refractivity contribution is 6.05. The zero-order valence-corrected chi connectivity index (χ0v) is 22.3. The Hall–Kier alpha value is -5.26. The Morgan fingerprint density at radius 2 is 1.71 bits per heavy atom. The highest BCUT2D eigenvalue weighted by atomic mass is 19.4. The predicted molar refractivity (Wildman–Crippen MR) is 151 cm³/mol. The number of nitrogens with zero attached hydrogens (tertiary/aromatic N) is 3. The maximum atomic E-state index is 14.3. The van der Waals surface area contributed by atoms with Gasteiger partial charge in [-0.2, -0.15) is 13.2 Å². The summed E-state index contributed by atoms with van der Waals surface area (Å²) in [6.07, 6.45) is -3.39. The highest BCUT2D eigenvalue weighted by Crippen LogP contribution is 2.36. The molecule has 0 bridgehead atoms. The number of carbonyl (C=O) groups is 1. The zero-order chi connectivity index (χ0) is 30.0. The first kappa shape index (κ1) is 28.3. The number of anilines is 4. The molecule has 214 valence electrons. The maximum absolute atomic E-state index is 14.3. The van der Waals surface area contributed by atoms with Crippen molar-refractivity contribution in [2.75, 3.05) is 16.4 Å². The minimum atomic E-state index is -4.74. The molecule has 2 aromatic heterocycles. The second-order valence-electron chi connectivity index (χ2n) is 9.64. The number of fused-ring (bicyclic) bond motifs is 1. The van der Waals surface area contributed by atoms with Gasteiger partial charge in [0.05, 0.1) is 22.2 Å². The lowest BCUT2D eigenvalue weighted by molar-refractivity contribution is -0.137. The van der Waals surface area contributed by atoms with Crippen molar-refractivity contribution in [1.29, 1.82) is 0 Å². The second kappa shape index (κ2) is 11.3. The molecule has 12 heteroatoms. The molecule has 0 aliphatic heterocycles. The number of hydrogen-bond acceptors (Lipinski definition) is 7. The van der Waals surface area contributed by atoms with E-state index >= 15 is 0 Å². The molecule has 0 saturated heterocycles. The van der Waals surface area contributed by atoms with E-state index in [2.05, 4.69) is 25.6 Å². The van der Waals surface area contributed by atoms with E-state index in [9.17, 15) is 22.4 Å². The van der Waals surface area contributed by atoms with Gasteiger partial charge < -0.3 is 21.1 Å². The van der Waals surface area contributed by atoms with Crippen LogP contribution >= 0.6 is 0 Å². The van der Waals surface area contributed by atoms with Gasteiger partial charge in [-0.05, 0) is 78.7 Å². The average Bonchev–Trinajstić information content (AvgIpc) is 2.95. The molecule has 0 atom stereocenters. The van der Waals surface area contributed by atoms with E-state index in [4.69, 9.17) is 10.5 Å². The van der Waals surface area contributed by atoms with E-state index in [1.165, 1.54) is 24.5 Å². The standard InChI is InChI=1S/C30H24F4N6O2/c1-16(2)24-11-9-21-27(39-24)36-15-37-28(21)40-25-14-19(6-12-26(25)42-20-7-4-18(35)5-8-20)38-29(41)22-13-17(30(32,33)34)3-10-23(22)31/h3-16H,35H2,1-2H3,(H,38,41)(H,36,37,39,40). The molecular formula is C30H24F4N6O2. The second-order valence-corrected chi connectivity index (χ2v) is 9.64. The molecule has 5 aromatic rings. The van der Waals surface area contributed by atoms with Gasteiger partial charge in [-0.1, -0.05) is 13.8 Å². The molecular weight excluding hydrogens is 552 g/mol. The lowest BCUT2D eigenvalue weighted by atomic mass is 10.1. The largest absolute Gasteiger partial charge is 0.455 e. The summed E-state index contributed by atoms with van der Waals surface area (Å²) in [5.41, 5.74) is 6.22. The van der Waals surface area contributed by atoms with E-state index in [-0.39, 0.29) is 11.6 Å². The molecule has 0 unspecified atom stereocenters. The van der Waals surface area contributed by atoms with Crippen molar-refractivity contribution in [3.8, 4) is 11.5 Å². The predicted octanol–water partition coefficient (Wildman–Crippen LogP) is 7.68. The van der Waals surface area contributed by atoms with E-state index in [1.54, 1.807) is 24.3 Å². The number of hydrogen-bond donors (Lipinski definition) is 3. The van der Waals surface area contributed by atoms with Crippen LogP contribution in [-0.4, -0.2) is 20.9 Å². The summed E-state index contributed by atoms with van der Waals surface area (Å²) in [6.45, 7) is 4.03. The molecule has 5 rings (SSSR count). The molecule has 2 heterocycles. The van der Waals surface area contributed by atoms with Gasteiger partial charge in [-0.3, -0.25) is 4.79 Å². The molecule has 3 aromatic carbocycles. The molecule has 8 nitrogen and oxygen atoms in total. The molecule has 42 heavy (non-hydrogen) atoms. The summed E-state index contributed by atoms with van der Waals surface area (Å²) >= 11 is 0. The van der Waals surface area contributed by atoms with Crippen LogP contribution in [0.2, 0.25) is 0 Å². The Balaban J connectivity index is 1.51. The van der Waals surface area contributed by atoms with Crippen LogP contribution in [-0.2, 0) is 6.18 Å². The number of alkyl halides is 3. The van der Waals surface area contributed by atoms with Crippen LogP contribution in [0.4, 0.5) is 40.4 Å². The van der Waals surface area contributed by atoms with Gasteiger partial charge in [-0.15, -0.1) is 0 Å². The van der Waals surface area contributed by atoms with Crippen LogP contribution in [0.25, 0.3) is 11.0 Å². The fourth-order valence-corrected chi connectivity index (χ4v) is 4.04. The fraction of sp³-hybridized carbons (Fsp3) is 0.133. The summed E-state index contributed by atoms with van der Waals surface area (Å²) in [7, 11) is 0. The van der Waals surface area contributed by atoms with Gasteiger partial charge in [0, 0.05) is 17.1 Å². The van der Waals surface area contributed by atoms with Crippen molar-refractivity contribution in [3.63, 3.8) is 0 Å². The van der Waals surface area contributed by atoms with E-state index < -0.39 is 29.0 Å². The SMILES string of the molecule is CC(C)c1ccc2c(Nc3cc(NC(=O)c4cc(C(F)(F)F)ccc4F)ccc3Oc3ccc(N)cc3)ncnc2n1. The number of nitrogen functional groups attached to an aromatic ring is 1. The zero-order valence-electron chi connectivity index (χ0n) is 22.3. The third-order valence-electron chi connectivity index (χ3n) is 6.25. The lowest BCUT2D eigenvalue weighted by Crippen LogP contribution is -2.16. The Morgan fingerprint density at radius 3 is 2.43 bits per heavy atom. The summed E-state index contributed by atoms with van der Waals surface area (Å²) in [6, 6.07) is 16.5. The smallest absolute Gasteiger partial charge is 0.416 e. The number of rotatable bonds is 7. The fourth-order valence-electron chi connectivity index (χ4n) is 4.04. The van der Waals surface area contributed by atoms with Crippen LogP contribution in [0.3, 0.4) is 0 Å². The van der Waals surface area contributed by atoms with Crippen molar-refractivity contribution in [1.82, 2.24) is 15.0 Å². The number of benzene rings is 3. The van der Waals surface area contributed by atoms with Crippen molar-refractivity contribution in [2.45, 2.75) is 25.9 Å². The number of amides is 1. The highest BCUT2D eigenvalue weighted by Gasteiger charge is 2.32. The van der Waals surface area contributed by atoms with Gasteiger partial charge in [0.25, 0.3) is 5.91 Å². The van der Waals surface area contributed by atoms with Crippen LogP contribution in [0.1, 0.15) is 41.4 Å². The lowest BCUT2D eigenvalue weighted by Gasteiger charge is -2.16. The van der Waals surface area contributed by atoms with Crippen molar-refractivity contribution in [3.05, 3.63) is 102 Å².